The predicted molar refractivity (Wildman–Crippen MR) is 112 cm³/mol. The number of aryl methyl sites for hydroxylation is 1. The van der Waals surface area contributed by atoms with Crippen LogP contribution in [-0.4, -0.2) is 53.4 Å². The molecule has 8 nitrogen and oxygen atoms in total. The first-order valence-corrected chi connectivity index (χ1v) is 8.12. The van der Waals surface area contributed by atoms with Crippen LogP contribution in [0.1, 0.15) is 18.3 Å². The van der Waals surface area contributed by atoms with Gasteiger partial charge in [0.15, 0.2) is 5.96 Å². The summed E-state index contributed by atoms with van der Waals surface area (Å²) >= 11 is 0. The van der Waals surface area contributed by atoms with E-state index in [1.807, 2.05) is 44.1 Å². The Morgan fingerprint density at radius 2 is 2.08 bits per heavy atom. The lowest BCUT2D eigenvalue weighted by atomic mass is 10.2. The van der Waals surface area contributed by atoms with E-state index in [1.54, 1.807) is 18.9 Å². The third-order valence-corrected chi connectivity index (χ3v) is 3.77. The number of halogens is 1. The molecule has 9 heteroatoms. The monoisotopic (exact) mass is 474 g/mol. The van der Waals surface area contributed by atoms with Crippen LogP contribution in [0.5, 0.6) is 11.5 Å². The number of methoxy groups -OCH3 is 2. The summed E-state index contributed by atoms with van der Waals surface area (Å²) in [6.07, 6.45) is 1.53. The highest BCUT2D eigenvalue weighted by Gasteiger charge is 2.12. The summed E-state index contributed by atoms with van der Waals surface area (Å²) in [4.78, 5) is 10.9. The fourth-order valence-electron chi connectivity index (χ4n) is 2.39. The molecule has 1 N–H and O–H groups in total. The molecule has 0 unspecified atom stereocenters. The Morgan fingerprint density at radius 3 is 2.65 bits per heavy atom. The van der Waals surface area contributed by atoms with E-state index in [1.165, 1.54) is 6.33 Å². The summed E-state index contributed by atoms with van der Waals surface area (Å²) in [6.45, 7) is 3.93. The van der Waals surface area contributed by atoms with Gasteiger partial charge in [0.2, 0.25) is 0 Å². The molecule has 1 heterocycles. The van der Waals surface area contributed by atoms with E-state index in [4.69, 9.17) is 9.47 Å². The molecular formula is C17H27IN6O2. The van der Waals surface area contributed by atoms with Crippen molar-refractivity contribution in [3.05, 3.63) is 35.9 Å². The van der Waals surface area contributed by atoms with Crippen LogP contribution in [0.2, 0.25) is 0 Å². The second-order valence-corrected chi connectivity index (χ2v) is 5.50. The molecule has 0 bridgehead atoms. The van der Waals surface area contributed by atoms with Gasteiger partial charge in [-0.1, -0.05) is 0 Å². The Bertz CT molecular complexity index is 719. The quantitative estimate of drug-likeness (QED) is 0.376. The average molecular weight is 474 g/mol. The van der Waals surface area contributed by atoms with Crippen molar-refractivity contribution in [1.82, 2.24) is 25.0 Å². The van der Waals surface area contributed by atoms with E-state index in [0.717, 1.165) is 35.4 Å². The van der Waals surface area contributed by atoms with Crippen molar-refractivity contribution >= 4 is 29.9 Å². The van der Waals surface area contributed by atoms with Crippen LogP contribution in [0.25, 0.3) is 0 Å². The minimum Gasteiger partial charge on any atom is -0.497 e. The van der Waals surface area contributed by atoms with E-state index in [-0.39, 0.29) is 24.0 Å². The number of ether oxygens (including phenoxy) is 2. The maximum absolute atomic E-state index is 5.47. The molecule has 2 rings (SSSR count). The van der Waals surface area contributed by atoms with Gasteiger partial charge in [-0.05, 0) is 19.1 Å². The molecule has 0 aliphatic rings. The number of aliphatic imine (C=N–C) groups is 1. The molecule has 0 radical (unpaired) electrons. The van der Waals surface area contributed by atoms with Gasteiger partial charge in [-0.3, -0.25) is 4.68 Å². The molecule has 1 aromatic carbocycles. The number of nitrogens with one attached hydrogen (secondary N) is 1. The molecular weight excluding hydrogens is 447 g/mol. The number of benzene rings is 1. The molecule has 2 aromatic rings. The van der Waals surface area contributed by atoms with Crippen LogP contribution in [0, 0.1) is 0 Å². The highest BCUT2D eigenvalue weighted by Crippen LogP contribution is 2.25. The smallest absolute Gasteiger partial charge is 0.194 e. The van der Waals surface area contributed by atoms with Gasteiger partial charge in [0.05, 0.1) is 14.2 Å². The van der Waals surface area contributed by atoms with Gasteiger partial charge in [0.1, 0.15) is 30.2 Å². The fraction of sp³-hybridized carbons (Fsp3) is 0.471. The summed E-state index contributed by atoms with van der Waals surface area (Å²) in [5.74, 6) is 3.16. The Balaban J connectivity index is 0.00000338. The van der Waals surface area contributed by atoms with E-state index >= 15 is 0 Å². The molecule has 144 valence electrons. The van der Waals surface area contributed by atoms with Gasteiger partial charge in [0, 0.05) is 38.8 Å². The highest BCUT2D eigenvalue weighted by atomic mass is 127. The van der Waals surface area contributed by atoms with E-state index < -0.39 is 0 Å². The van der Waals surface area contributed by atoms with Crippen LogP contribution in [0.3, 0.4) is 0 Å². The Labute approximate surface area is 171 Å². The molecule has 0 fully saturated rings. The summed E-state index contributed by atoms with van der Waals surface area (Å²) < 4.78 is 12.4. The molecule has 0 spiro atoms. The van der Waals surface area contributed by atoms with Crippen molar-refractivity contribution in [3.63, 3.8) is 0 Å². The average Bonchev–Trinajstić information content (AvgIpc) is 3.03. The van der Waals surface area contributed by atoms with E-state index in [2.05, 4.69) is 20.4 Å². The molecule has 0 saturated heterocycles. The van der Waals surface area contributed by atoms with Gasteiger partial charge in [-0.2, -0.15) is 5.10 Å². The number of rotatable bonds is 7. The molecule has 0 aliphatic heterocycles. The summed E-state index contributed by atoms with van der Waals surface area (Å²) in [5.41, 5.74) is 1.05. The second-order valence-electron chi connectivity index (χ2n) is 5.50. The zero-order valence-electron chi connectivity index (χ0n) is 15.9. The Hall–Kier alpha value is -2.04. The normalized spacial score (nSPS) is 10.9. The molecule has 0 amide bonds. The second kappa shape index (κ2) is 10.8. The first kappa shape index (κ1) is 22.0. The summed E-state index contributed by atoms with van der Waals surface area (Å²) in [5, 5.41) is 7.36. The zero-order chi connectivity index (χ0) is 18.2. The first-order chi connectivity index (χ1) is 12.1. The Morgan fingerprint density at radius 1 is 1.31 bits per heavy atom. The molecule has 26 heavy (non-hydrogen) atoms. The molecule has 1 aromatic heterocycles. The maximum Gasteiger partial charge on any atom is 0.194 e. The number of aromatic nitrogens is 3. The van der Waals surface area contributed by atoms with Crippen molar-refractivity contribution in [3.8, 4) is 11.5 Å². The topological polar surface area (TPSA) is 76.8 Å². The van der Waals surface area contributed by atoms with Gasteiger partial charge >= 0.3 is 0 Å². The molecule has 0 atom stereocenters. The van der Waals surface area contributed by atoms with Gasteiger partial charge in [0.25, 0.3) is 0 Å². The van der Waals surface area contributed by atoms with E-state index in [0.29, 0.717) is 13.1 Å². The maximum atomic E-state index is 5.47. The minimum absolute atomic E-state index is 0. The third-order valence-electron chi connectivity index (χ3n) is 3.77. The van der Waals surface area contributed by atoms with Gasteiger partial charge in [-0.25, -0.2) is 9.98 Å². The lowest BCUT2D eigenvalue weighted by Gasteiger charge is -2.23. The van der Waals surface area contributed by atoms with Crippen molar-refractivity contribution in [1.29, 1.82) is 0 Å². The van der Waals surface area contributed by atoms with Gasteiger partial charge < -0.3 is 19.7 Å². The van der Waals surface area contributed by atoms with Crippen LogP contribution >= 0.6 is 24.0 Å². The lowest BCUT2D eigenvalue weighted by molar-refractivity contribution is 0.382. The lowest BCUT2D eigenvalue weighted by Crippen LogP contribution is -2.38. The Kier molecular flexibility index (Phi) is 9.17. The fourth-order valence-corrected chi connectivity index (χ4v) is 2.39. The minimum atomic E-state index is 0. The molecule has 0 aliphatic carbocycles. The molecule has 0 saturated carbocycles. The number of guanidine groups is 1. The number of hydrogen-bond donors (Lipinski definition) is 1. The first-order valence-electron chi connectivity index (χ1n) is 8.12. The summed E-state index contributed by atoms with van der Waals surface area (Å²) in [6, 6.07) is 5.81. The van der Waals surface area contributed by atoms with Crippen LogP contribution in [0.15, 0.2) is 29.5 Å². The zero-order valence-corrected chi connectivity index (χ0v) is 18.2. The number of nitrogens with zero attached hydrogens (tertiary/aromatic N) is 5. The SMILES string of the molecule is CCNC(=NCc1ncnn1C)N(C)Cc1ccc(OC)cc1OC.I. The van der Waals surface area contributed by atoms with Crippen LogP contribution in [-0.2, 0) is 20.1 Å². The predicted octanol–water partition coefficient (Wildman–Crippen LogP) is 2.05. The summed E-state index contributed by atoms with van der Waals surface area (Å²) in [7, 11) is 7.15. The number of hydrogen-bond acceptors (Lipinski definition) is 5. The van der Waals surface area contributed by atoms with Crippen molar-refractivity contribution in [2.75, 3.05) is 27.8 Å². The highest BCUT2D eigenvalue weighted by molar-refractivity contribution is 14.0. The van der Waals surface area contributed by atoms with Crippen molar-refractivity contribution in [2.45, 2.75) is 20.0 Å². The van der Waals surface area contributed by atoms with E-state index in [9.17, 15) is 0 Å². The van der Waals surface area contributed by atoms with Crippen LogP contribution < -0.4 is 14.8 Å². The van der Waals surface area contributed by atoms with Crippen molar-refractivity contribution in [2.24, 2.45) is 12.0 Å². The standard InChI is InChI=1S/C17H26N6O2.HI/c1-6-18-17(19-10-16-20-12-21-23(16)3)22(2)11-13-7-8-14(24-4)9-15(13)25-5;/h7-9,12H,6,10-11H2,1-5H3,(H,18,19);1H. The van der Waals surface area contributed by atoms with Gasteiger partial charge in [-0.15, -0.1) is 24.0 Å². The third kappa shape index (κ3) is 5.75. The van der Waals surface area contributed by atoms with Crippen LogP contribution in [0.4, 0.5) is 0 Å². The largest absolute Gasteiger partial charge is 0.497 e. The van der Waals surface area contributed by atoms with Crippen molar-refractivity contribution < 1.29 is 9.47 Å².